The summed E-state index contributed by atoms with van der Waals surface area (Å²) >= 11 is 0. The van der Waals surface area contributed by atoms with Crippen molar-refractivity contribution < 1.29 is 8.42 Å². The zero-order chi connectivity index (χ0) is 14.6. The molecule has 0 aromatic rings. The molecular formula is C15H30N2O2S. The molecule has 1 heterocycles. The van der Waals surface area contributed by atoms with E-state index in [0.717, 1.165) is 25.3 Å². The van der Waals surface area contributed by atoms with Gasteiger partial charge in [-0.3, -0.25) is 0 Å². The van der Waals surface area contributed by atoms with Crippen molar-refractivity contribution in [2.45, 2.75) is 57.4 Å². The Morgan fingerprint density at radius 1 is 1.10 bits per heavy atom. The van der Waals surface area contributed by atoms with E-state index in [1.165, 1.54) is 44.8 Å². The molecule has 1 aliphatic carbocycles. The van der Waals surface area contributed by atoms with Crippen molar-refractivity contribution in [1.29, 1.82) is 0 Å². The number of piperidine rings is 1. The molecule has 0 bridgehead atoms. The van der Waals surface area contributed by atoms with E-state index in [1.807, 2.05) is 0 Å². The third-order valence-corrected chi connectivity index (χ3v) is 6.34. The fourth-order valence-corrected chi connectivity index (χ4v) is 4.85. The fourth-order valence-electron chi connectivity index (χ4n) is 3.90. The lowest BCUT2D eigenvalue weighted by Gasteiger charge is -2.33. The Hall–Kier alpha value is -0.130. The van der Waals surface area contributed by atoms with Gasteiger partial charge in [0.15, 0.2) is 0 Å². The summed E-state index contributed by atoms with van der Waals surface area (Å²) in [6, 6.07) is 0.558. The van der Waals surface area contributed by atoms with E-state index in [9.17, 15) is 8.42 Å². The lowest BCUT2D eigenvalue weighted by molar-refractivity contribution is 0.229. The standard InChI is InChI=1S/C15H30N2O2S/c1-16-15(10-13-6-3-4-7-13)11-14-8-5-9-17(12-14)20(2,18)19/h13-16H,3-12H2,1-2H3. The highest BCUT2D eigenvalue weighted by molar-refractivity contribution is 7.88. The van der Waals surface area contributed by atoms with Gasteiger partial charge in [0, 0.05) is 19.1 Å². The molecule has 118 valence electrons. The quantitative estimate of drug-likeness (QED) is 0.818. The highest BCUT2D eigenvalue weighted by Gasteiger charge is 2.28. The largest absolute Gasteiger partial charge is 0.317 e. The molecule has 1 saturated carbocycles. The molecule has 0 aromatic carbocycles. The van der Waals surface area contributed by atoms with Crippen molar-refractivity contribution >= 4 is 10.0 Å². The van der Waals surface area contributed by atoms with Crippen molar-refractivity contribution in [1.82, 2.24) is 9.62 Å². The monoisotopic (exact) mass is 302 g/mol. The Morgan fingerprint density at radius 3 is 2.30 bits per heavy atom. The lowest BCUT2D eigenvalue weighted by atomic mass is 9.88. The maximum atomic E-state index is 11.7. The first kappa shape index (κ1) is 16.2. The lowest BCUT2D eigenvalue weighted by Crippen LogP contribution is -2.41. The molecule has 2 atom stereocenters. The second-order valence-corrected chi connectivity index (χ2v) is 8.72. The van der Waals surface area contributed by atoms with Gasteiger partial charge in [0.25, 0.3) is 0 Å². The van der Waals surface area contributed by atoms with Gasteiger partial charge in [-0.1, -0.05) is 25.7 Å². The summed E-state index contributed by atoms with van der Waals surface area (Å²) < 4.78 is 25.0. The molecule has 1 aliphatic heterocycles. The van der Waals surface area contributed by atoms with Gasteiger partial charge in [0.05, 0.1) is 6.26 Å². The topological polar surface area (TPSA) is 49.4 Å². The van der Waals surface area contributed by atoms with E-state index >= 15 is 0 Å². The summed E-state index contributed by atoms with van der Waals surface area (Å²) in [5.74, 6) is 1.42. The Kier molecular flexibility index (Phi) is 5.87. The molecule has 0 amide bonds. The van der Waals surface area contributed by atoms with Gasteiger partial charge < -0.3 is 5.32 Å². The van der Waals surface area contributed by atoms with Gasteiger partial charge in [-0.2, -0.15) is 0 Å². The third kappa shape index (κ3) is 4.71. The zero-order valence-corrected chi connectivity index (χ0v) is 13.8. The number of nitrogens with one attached hydrogen (secondary N) is 1. The first-order chi connectivity index (χ1) is 9.49. The summed E-state index contributed by atoms with van der Waals surface area (Å²) in [5.41, 5.74) is 0. The number of sulfonamides is 1. The van der Waals surface area contributed by atoms with E-state index in [1.54, 1.807) is 4.31 Å². The number of hydrogen-bond donors (Lipinski definition) is 1. The van der Waals surface area contributed by atoms with Crippen LogP contribution in [0, 0.1) is 11.8 Å². The van der Waals surface area contributed by atoms with E-state index in [-0.39, 0.29) is 0 Å². The molecule has 0 spiro atoms. The molecule has 2 unspecified atom stereocenters. The van der Waals surface area contributed by atoms with Crippen LogP contribution in [0.5, 0.6) is 0 Å². The molecule has 0 radical (unpaired) electrons. The summed E-state index contributed by atoms with van der Waals surface area (Å²) in [4.78, 5) is 0. The average Bonchev–Trinajstić information content (AvgIpc) is 2.90. The van der Waals surface area contributed by atoms with Crippen LogP contribution in [-0.2, 0) is 10.0 Å². The zero-order valence-electron chi connectivity index (χ0n) is 13.0. The van der Waals surface area contributed by atoms with Gasteiger partial charge in [0.1, 0.15) is 0 Å². The maximum absolute atomic E-state index is 11.7. The Balaban J connectivity index is 1.83. The molecule has 1 N–H and O–H groups in total. The molecule has 2 rings (SSSR count). The first-order valence-electron chi connectivity index (χ1n) is 8.11. The van der Waals surface area contributed by atoms with Gasteiger partial charge >= 0.3 is 0 Å². The molecule has 20 heavy (non-hydrogen) atoms. The van der Waals surface area contributed by atoms with Crippen LogP contribution in [0.4, 0.5) is 0 Å². The first-order valence-corrected chi connectivity index (χ1v) is 9.96. The van der Waals surface area contributed by atoms with Crippen LogP contribution in [0.3, 0.4) is 0 Å². The predicted molar refractivity (Wildman–Crippen MR) is 83.2 cm³/mol. The van der Waals surface area contributed by atoms with E-state index in [0.29, 0.717) is 18.5 Å². The van der Waals surface area contributed by atoms with Crippen molar-refractivity contribution in [3.05, 3.63) is 0 Å². The van der Waals surface area contributed by atoms with E-state index in [4.69, 9.17) is 0 Å². The molecule has 2 aliphatic rings. The molecular weight excluding hydrogens is 272 g/mol. The summed E-state index contributed by atoms with van der Waals surface area (Å²) in [7, 11) is -0.958. The van der Waals surface area contributed by atoms with Crippen molar-refractivity contribution in [3.8, 4) is 0 Å². The molecule has 2 fully saturated rings. The van der Waals surface area contributed by atoms with Crippen molar-refractivity contribution in [2.24, 2.45) is 11.8 Å². The summed E-state index contributed by atoms with van der Waals surface area (Å²) in [6.45, 7) is 1.43. The van der Waals surface area contributed by atoms with Gasteiger partial charge in [-0.25, -0.2) is 12.7 Å². The molecule has 4 nitrogen and oxygen atoms in total. The van der Waals surface area contributed by atoms with Gasteiger partial charge in [0.2, 0.25) is 10.0 Å². The third-order valence-electron chi connectivity index (χ3n) is 5.07. The second-order valence-electron chi connectivity index (χ2n) is 6.74. The van der Waals surface area contributed by atoms with Crippen molar-refractivity contribution in [2.75, 3.05) is 26.4 Å². The molecule has 0 aromatic heterocycles. The number of rotatable bonds is 6. The maximum Gasteiger partial charge on any atom is 0.211 e. The summed E-state index contributed by atoms with van der Waals surface area (Å²) in [5, 5.41) is 3.46. The highest BCUT2D eigenvalue weighted by atomic mass is 32.2. The van der Waals surface area contributed by atoms with Crippen LogP contribution >= 0.6 is 0 Å². The second kappa shape index (κ2) is 7.23. The number of hydrogen-bond acceptors (Lipinski definition) is 3. The smallest absolute Gasteiger partial charge is 0.211 e. The van der Waals surface area contributed by atoms with Gasteiger partial charge in [-0.05, 0) is 44.6 Å². The normalized spacial score (nSPS) is 27.8. The van der Waals surface area contributed by atoms with E-state index in [2.05, 4.69) is 12.4 Å². The van der Waals surface area contributed by atoms with E-state index < -0.39 is 10.0 Å². The van der Waals surface area contributed by atoms with Crippen LogP contribution in [0.2, 0.25) is 0 Å². The number of nitrogens with zero attached hydrogens (tertiary/aromatic N) is 1. The Bertz CT molecular complexity index is 391. The van der Waals surface area contributed by atoms with Crippen LogP contribution in [0.25, 0.3) is 0 Å². The minimum atomic E-state index is -3.01. The van der Waals surface area contributed by atoms with Crippen LogP contribution in [-0.4, -0.2) is 45.2 Å². The SMILES string of the molecule is CNC(CC1CCCC1)CC1CCCN(S(C)(=O)=O)C1. The molecule has 5 heteroatoms. The minimum absolute atomic E-state index is 0.525. The average molecular weight is 302 g/mol. The Morgan fingerprint density at radius 2 is 1.70 bits per heavy atom. The fraction of sp³-hybridized carbons (Fsp3) is 1.00. The minimum Gasteiger partial charge on any atom is -0.317 e. The van der Waals surface area contributed by atoms with Crippen molar-refractivity contribution in [3.63, 3.8) is 0 Å². The Labute approximate surface area is 124 Å². The molecule has 1 saturated heterocycles. The van der Waals surface area contributed by atoms with Crippen LogP contribution < -0.4 is 5.32 Å². The van der Waals surface area contributed by atoms with Crippen LogP contribution in [0.1, 0.15) is 51.4 Å². The van der Waals surface area contributed by atoms with Crippen LogP contribution in [0.15, 0.2) is 0 Å². The van der Waals surface area contributed by atoms with Gasteiger partial charge in [-0.15, -0.1) is 0 Å². The summed E-state index contributed by atoms with van der Waals surface area (Å²) in [6.07, 6.45) is 11.5. The predicted octanol–water partition coefficient (Wildman–Crippen LogP) is 2.22. The highest BCUT2D eigenvalue weighted by Crippen LogP contribution is 2.31.